The Morgan fingerprint density at radius 3 is 1.10 bits per heavy atom. The predicted octanol–water partition coefficient (Wildman–Crippen LogP) is 30.6. The first-order valence-corrected chi connectivity index (χ1v) is 43.5. The number of benzene rings is 19. The smallest absolute Gasteiger partial charge is 0.164 e. The first-order chi connectivity index (χ1) is 62.4. The van der Waals surface area contributed by atoms with Gasteiger partial charge in [-0.05, 0) is 132 Å². The van der Waals surface area contributed by atoms with E-state index in [9.17, 15) is 0 Å². The standard InChI is InChI=1S/C39H23N3S.C37H21N3OS.C37H23N3O/c1-3-11-26-21-28(19-17-24(26)9-1)37-40-38(29-20-18-25-10-2-4-12-27(25)22-29)42-39(41-37)34-23-33-31-14-7-8-16-35(31)43-36(33)32-15-6-5-13-30(32)34;1-2-10-22(11-3-1)35-38-36(23-18-19-26-25-13-6-8-16-30(25)41-31(26)20-23)40-37(39-35)29-21-33-34(27-14-5-4-12-24(27)29)28-15-7-9-17-32(28)42-33;1-3-12-24(13-4-1)35-38-36(25-14-5-2-6-15-25)40-37(39-35)27-17-11-16-26(22-27)31-23-33-34(29-19-8-7-18-28(29)31)30-20-9-10-21-32(30)41-33/h1-23H;1-21H;1-23H. The van der Waals surface area contributed by atoms with Crippen molar-refractivity contribution in [1.82, 2.24) is 44.9 Å². The van der Waals surface area contributed by atoms with Crippen LogP contribution in [0.25, 0.3) is 252 Å². The van der Waals surface area contributed by atoms with Crippen molar-refractivity contribution in [1.29, 1.82) is 0 Å². The van der Waals surface area contributed by atoms with E-state index >= 15 is 0 Å². The zero-order valence-electron chi connectivity index (χ0n) is 67.3. The molecule has 7 aromatic heterocycles. The van der Waals surface area contributed by atoms with E-state index in [4.69, 9.17) is 53.7 Å². The largest absolute Gasteiger partial charge is 0.456 e. The van der Waals surface area contributed by atoms with E-state index in [2.05, 4.69) is 279 Å². The van der Waals surface area contributed by atoms with Gasteiger partial charge >= 0.3 is 0 Å². The molecule has 26 aromatic rings. The molecule has 0 unspecified atom stereocenters. The van der Waals surface area contributed by atoms with Crippen molar-refractivity contribution < 1.29 is 8.83 Å². The van der Waals surface area contributed by atoms with Crippen LogP contribution >= 0.6 is 22.7 Å². The molecule has 0 fully saturated rings. The average Bonchev–Trinajstić information content (AvgIpc) is 1.54. The van der Waals surface area contributed by atoms with Crippen LogP contribution in [0, 0.1) is 0 Å². The molecule has 7 heterocycles. The van der Waals surface area contributed by atoms with Crippen molar-refractivity contribution in [3.05, 3.63) is 406 Å². The minimum atomic E-state index is 0.613. The third-order valence-corrected chi connectivity index (χ3v) is 26.1. The van der Waals surface area contributed by atoms with Crippen LogP contribution in [-0.2, 0) is 0 Å². The lowest BCUT2D eigenvalue weighted by Crippen LogP contribution is -2.00. The SMILES string of the molecule is c1ccc(-c2nc(-c3ccc4c(c3)oc3ccccc34)nc(-c3cc4sc5ccccc5c4c4ccccc34)n2)cc1.c1ccc(-c2nc(-c3ccccc3)nc(-c3cccc(-c4cc5oc6ccccc6c5c5ccccc45)c3)n2)cc1.c1ccc2cc(-c3nc(-c4ccc5ccccc5c4)nc(-c4cc5c6ccccc6sc5c5ccccc45)n3)ccc2c1. The van der Waals surface area contributed by atoms with Crippen LogP contribution in [0.5, 0.6) is 0 Å². The van der Waals surface area contributed by atoms with Gasteiger partial charge in [0.25, 0.3) is 0 Å². The molecule has 0 amide bonds. The first kappa shape index (κ1) is 73.5. The summed E-state index contributed by atoms with van der Waals surface area (Å²) in [6.07, 6.45) is 0. The van der Waals surface area contributed by atoms with E-state index in [1.807, 2.05) is 139 Å². The third-order valence-electron chi connectivity index (χ3n) is 23.7. The molecule has 0 aliphatic heterocycles. The van der Waals surface area contributed by atoms with E-state index in [0.29, 0.717) is 52.4 Å². The number of furan rings is 2. The molecule has 26 rings (SSSR count). The van der Waals surface area contributed by atoms with Crippen LogP contribution in [0.1, 0.15) is 0 Å². The van der Waals surface area contributed by atoms with Crippen LogP contribution in [0.2, 0.25) is 0 Å². The molecule has 126 heavy (non-hydrogen) atoms. The molecule has 0 N–H and O–H groups in total. The highest BCUT2D eigenvalue weighted by Crippen LogP contribution is 2.47. The van der Waals surface area contributed by atoms with Gasteiger partial charge in [0.05, 0.1) is 0 Å². The lowest BCUT2D eigenvalue weighted by molar-refractivity contribution is 0.669. The van der Waals surface area contributed by atoms with Crippen LogP contribution in [0.3, 0.4) is 0 Å². The van der Waals surface area contributed by atoms with Gasteiger partial charge in [-0.3, -0.25) is 0 Å². The Balaban J connectivity index is 0.000000106. The molecule has 0 radical (unpaired) electrons. The maximum atomic E-state index is 6.33. The Morgan fingerprint density at radius 2 is 0.524 bits per heavy atom. The highest BCUT2D eigenvalue weighted by atomic mass is 32.1. The molecule has 0 spiro atoms. The van der Waals surface area contributed by atoms with Gasteiger partial charge < -0.3 is 8.83 Å². The number of hydrogen-bond donors (Lipinski definition) is 0. The van der Waals surface area contributed by atoms with Crippen molar-refractivity contribution in [3.8, 4) is 114 Å². The van der Waals surface area contributed by atoms with Gasteiger partial charge in [0.1, 0.15) is 22.3 Å². The van der Waals surface area contributed by atoms with Crippen molar-refractivity contribution in [2.75, 3.05) is 0 Å². The fraction of sp³-hybridized carbons (Fsp3) is 0. The molecule has 0 bridgehead atoms. The van der Waals surface area contributed by atoms with Gasteiger partial charge in [-0.25, -0.2) is 44.9 Å². The van der Waals surface area contributed by atoms with Gasteiger partial charge in [0.2, 0.25) is 0 Å². The summed E-state index contributed by atoms with van der Waals surface area (Å²) in [6.45, 7) is 0. The number of thiophene rings is 2. The second-order valence-corrected chi connectivity index (χ2v) is 33.5. The Kier molecular flexibility index (Phi) is 18.0. The third kappa shape index (κ3) is 13.3. The summed E-state index contributed by atoms with van der Waals surface area (Å²) < 4.78 is 17.6. The number of para-hydroxylation sites is 2. The molecule has 588 valence electrons. The van der Waals surface area contributed by atoms with Crippen molar-refractivity contribution in [2.45, 2.75) is 0 Å². The maximum Gasteiger partial charge on any atom is 0.164 e. The maximum absolute atomic E-state index is 6.33. The van der Waals surface area contributed by atoms with E-state index < -0.39 is 0 Å². The molecule has 0 aliphatic carbocycles. The number of hydrogen-bond acceptors (Lipinski definition) is 13. The number of nitrogens with zero attached hydrogens (tertiary/aromatic N) is 9. The zero-order chi connectivity index (χ0) is 83.1. The van der Waals surface area contributed by atoms with Crippen LogP contribution in [0.15, 0.2) is 415 Å². The number of fused-ring (bicyclic) bond motifs is 20. The highest BCUT2D eigenvalue weighted by molar-refractivity contribution is 7.27. The van der Waals surface area contributed by atoms with Crippen molar-refractivity contribution >= 4 is 161 Å². The van der Waals surface area contributed by atoms with Gasteiger partial charge in [-0.15, -0.1) is 22.7 Å². The summed E-state index contributed by atoms with van der Waals surface area (Å²) >= 11 is 3.65. The lowest BCUT2D eigenvalue weighted by atomic mass is 9.94. The van der Waals surface area contributed by atoms with Gasteiger partial charge in [-0.2, -0.15) is 0 Å². The van der Waals surface area contributed by atoms with E-state index in [0.717, 1.165) is 127 Å². The minimum Gasteiger partial charge on any atom is -0.456 e. The van der Waals surface area contributed by atoms with Crippen LogP contribution in [-0.4, -0.2) is 44.9 Å². The summed E-state index contributed by atoms with van der Waals surface area (Å²) in [5.74, 6) is 5.84. The molecule has 19 aromatic carbocycles. The van der Waals surface area contributed by atoms with Gasteiger partial charge in [0, 0.05) is 117 Å². The fourth-order valence-corrected chi connectivity index (χ4v) is 20.1. The quantitative estimate of drug-likeness (QED) is 0.129. The Morgan fingerprint density at radius 1 is 0.159 bits per heavy atom. The number of aromatic nitrogens is 9. The lowest BCUT2D eigenvalue weighted by Gasteiger charge is -2.12. The fourth-order valence-electron chi connectivity index (χ4n) is 17.7. The second kappa shape index (κ2) is 30.9. The summed E-state index contributed by atoms with van der Waals surface area (Å²) in [6, 6.07) is 140. The highest BCUT2D eigenvalue weighted by Gasteiger charge is 2.24. The molecule has 0 saturated carbocycles. The van der Waals surface area contributed by atoms with E-state index in [-0.39, 0.29) is 0 Å². The molecule has 0 aliphatic rings. The molecule has 13 heteroatoms. The summed E-state index contributed by atoms with van der Waals surface area (Å²) in [7, 11) is 0. The molecular formula is C113H67N9O2S2. The molecular weight excluding hydrogens is 1580 g/mol. The van der Waals surface area contributed by atoms with Crippen molar-refractivity contribution in [2.24, 2.45) is 0 Å². The summed E-state index contributed by atoms with van der Waals surface area (Å²) in [5, 5.41) is 21.2. The Bertz CT molecular complexity index is 8680. The average molecular weight is 1650 g/mol. The van der Waals surface area contributed by atoms with Crippen LogP contribution < -0.4 is 0 Å². The van der Waals surface area contributed by atoms with Gasteiger partial charge in [0.15, 0.2) is 52.4 Å². The Labute approximate surface area is 729 Å². The van der Waals surface area contributed by atoms with Gasteiger partial charge in [-0.1, -0.05) is 334 Å². The van der Waals surface area contributed by atoms with Crippen molar-refractivity contribution in [3.63, 3.8) is 0 Å². The summed E-state index contributed by atoms with van der Waals surface area (Å²) in [5.41, 5.74) is 14.2. The molecule has 0 atom stereocenters. The molecule has 11 nitrogen and oxygen atoms in total. The second-order valence-electron chi connectivity index (χ2n) is 31.4. The Hall–Kier alpha value is -16.5. The normalized spacial score (nSPS) is 11.7. The van der Waals surface area contributed by atoms with Crippen LogP contribution in [0.4, 0.5) is 0 Å². The summed E-state index contributed by atoms with van der Waals surface area (Å²) in [4.78, 5) is 45.3. The molecule has 0 saturated heterocycles. The monoisotopic (exact) mass is 1650 g/mol. The van der Waals surface area contributed by atoms with E-state index in [1.165, 1.54) is 72.7 Å². The minimum absolute atomic E-state index is 0.613. The topological polar surface area (TPSA) is 142 Å². The predicted molar refractivity (Wildman–Crippen MR) is 522 cm³/mol. The van der Waals surface area contributed by atoms with E-state index in [1.54, 1.807) is 11.3 Å². The first-order valence-electron chi connectivity index (χ1n) is 41.9. The zero-order valence-corrected chi connectivity index (χ0v) is 69.0. The number of rotatable bonds is 10.